The number of fused-ring (bicyclic) bond motifs is 2. The molecule has 1 saturated heterocycles. The number of carboxylic acid groups (broad SMARTS) is 1. The van der Waals surface area contributed by atoms with Gasteiger partial charge in [-0.3, -0.25) is 5.10 Å². The van der Waals surface area contributed by atoms with Crippen molar-refractivity contribution < 1.29 is 23.8 Å². The van der Waals surface area contributed by atoms with Crippen LogP contribution in [0, 0.1) is 17.1 Å². The molecule has 4 aromatic rings. The molecule has 2 aromatic heterocycles. The molecule has 5 rings (SSSR count). The molecule has 0 bridgehead atoms. The maximum absolute atomic E-state index is 14.3. The van der Waals surface area contributed by atoms with Crippen molar-refractivity contribution in [3.63, 3.8) is 0 Å². The maximum atomic E-state index is 14.3. The molecule has 2 aromatic carbocycles. The number of hydrogen-bond donors (Lipinski definition) is 2. The molecule has 2 N–H and O–H groups in total. The standard InChI is InChI=1S/C26H25FN4O4/c1-26(2,6-7-28)24-23(15-9-22(25(32)33)35-13-15)17-11-19-14(12-29-30-19)8-20(17)31(24)16-4-5-18(27)21(10-16)34-3/h4-5,8,10-12,15,22H,6,9,13H2,1-3H3,(H,29,30)(H,32,33)/t15-,22+/m1/s1. The third kappa shape index (κ3) is 3.70. The van der Waals surface area contributed by atoms with Gasteiger partial charge < -0.3 is 19.1 Å². The van der Waals surface area contributed by atoms with Gasteiger partial charge in [0.2, 0.25) is 0 Å². The Morgan fingerprint density at radius 2 is 2.20 bits per heavy atom. The van der Waals surface area contributed by atoms with E-state index in [0.29, 0.717) is 12.1 Å². The zero-order valence-corrected chi connectivity index (χ0v) is 19.6. The molecule has 0 aliphatic carbocycles. The highest BCUT2D eigenvalue weighted by Crippen LogP contribution is 2.46. The fourth-order valence-electron chi connectivity index (χ4n) is 5.17. The van der Waals surface area contributed by atoms with E-state index in [1.54, 1.807) is 18.3 Å². The van der Waals surface area contributed by atoms with E-state index in [-0.39, 0.29) is 24.7 Å². The fraction of sp³-hybridized carbons (Fsp3) is 0.346. The van der Waals surface area contributed by atoms with Gasteiger partial charge in [-0.15, -0.1) is 0 Å². The monoisotopic (exact) mass is 476 g/mol. The number of nitrogens with one attached hydrogen (secondary N) is 1. The molecule has 180 valence electrons. The molecule has 1 aliphatic rings. The largest absolute Gasteiger partial charge is 0.494 e. The van der Waals surface area contributed by atoms with E-state index in [0.717, 1.165) is 33.1 Å². The number of rotatable bonds is 6. The van der Waals surface area contributed by atoms with Crippen LogP contribution in [0.2, 0.25) is 0 Å². The van der Waals surface area contributed by atoms with Crippen LogP contribution in [0.1, 0.15) is 43.9 Å². The highest BCUT2D eigenvalue weighted by Gasteiger charge is 2.39. The summed E-state index contributed by atoms with van der Waals surface area (Å²) >= 11 is 0. The Balaban J connectivity index is 1.89. The molecule has 1 aliphatic heterocycles. The van der Waals surface area contributed by atoms with Crippen LogP contribution in [0.3, 0.4) is 0 Å². The number of nitrogens with zero attached hydrogens (tertiary/aromatic N) is 3. The molecule has 9 heteroatoms. The molecule has 8 nitrogen and oxygen atoms in total. The van der Waals surface area contributed by atoms with Crippen molar-refractivity contribution in [3.8, 4) is 17.5 Å². The van der Waals surface area contributed by atoms with Gasteiger partial charge in [0.05, 0.1) is 37.0 Å². The van der Waals surface area contributed by atoms with Crippen LogP contribution in [0.25, 0.3) is 27.5 Å². The van der Waals surface area contributed by atoms with E-state index < -0.39 is 23.3 Å². The second-order valence-corrected chi connectivity index (χ2v) is 9.55. The van der Waals surface area contributed by atoms with Crippen molar-refractivity contribution in [2.45, 2.75) is 44.1 Å². The number of carboxylic acids is 1. The summed E-state index contributed by atoms with van der Waals surface area (Å²) in [5.41, 5.74) is 3.55. The van der Waals surface area contributed by atoms with E-state index >= 15 is 0 Å². The predicted octanol–water partition coefficient (Wildman–Crippen LogP) is 4.80. The summed E-state index contributed by atoms with van der Waals surface area (Å²) < 4.78 is 27.3. The van der Waals surface area contributed by atoms with Crippen molar-refractivity contribution in [3.05, 3.63) is 53.6 Å². The Kier molecular flexibility index (Phi) is 5.49. The van der Waals surface area contributed by atoms with E-state index in [1.807, 2.05) is 30.5 Å². The first kappa shape index (κ1) is 22.9. The topological polar surface area (TPSA) is 113 Å². The van der Waals surface area contributed by atoms with Gasteiger partial charge in [-0.1, -0.05) is 13.8 Å². The Hall–Kier alpha value is -3.90. The lowest BCUT2D eigenvalue weighted by molar-refractivity contribution is -0.147. The van der Waals surface area contributed by atoms with Crippen molar-refractivity contribution in [2.75, 3.05) is 13.7 Å². The summed E-state index contributed by atoms with van der Waals surface area (Å²) in [6, 6.07) is 11.0. The SMILES string of the molecule is COc1cc(-n2c(C(C)(C)CC#N)c([C@H]3CO[C@H](C(=O)O)C3)c3cc4[nH]ncc4cc32)ccc1F. The molecular weight excluding hydrogens is 451 g/mol. The van der Waals surface area contributed by atoms with Gasteiger partial charge in [0.25, 0.3) is 0 Å². The minimum absolute atomic E-state index is 0.106. The van der Waals surface area contributed by atoms with E-state index in [1.165, 1.54) is 13.2 Å². The van der Waals surface area contributed by atoms with Crippen molar-refractivity contribution >= 4 is 27.8 Å². The van der Waals surface area contributed by atoms with Crippen LogP contribution in [0.4, 0.5) is 4.39 Å². The molecule has 0 amide bonds. The number of methoxy groups -OCH3 is 1. The Bertz CT molecular complexity index is 1500. The van der Waals surface area contributed by atoms with Crippen LogP contribution >= 0.6 is 0 Å². The summed E-state index contributed by atoms with van der Waals surface area (Å²) in [4.78, 5) is 11.7. The number of hydrogen-bond acceptors (Lipinski definition) is 5. The Morgan fingerprint density at radius 1 is 1.40 bits per heavy atom. The van der Waals surface area contributed by atoms with Crippen LogP contribution in [-0.2, 0) is 14.9 Å². The normalized spacial score (nSPS) is 18.3. The predicted molar refractivity (Wildman–Crippen MR) is 127 cm³/mol. The third-order valence-electron chi connectivity index (χ3n) is 6.80. The second-order valence-electron chi connectivity index (χ2n) is 9.55. The lowest BCUT2D eigenvalue weighted by Gasteiger charge is -2.28. The van der Waals surface area contributed by atoms with Gasteiger partial charge in [0.15, 0.2) is 17.7 Å². The lowest BCUT2D eigenvalue weighted by Crippen LogP contribution is -2.24. The van der Waals surface area contributed by atoms with Gasteiger partial charge >= 0.3 is 5.97 Å². The Morgan fingerprint density at radius 3 is 2.89 bits per heavy atom. The number of aliphatic carboxylic acids is 1. The number of benzene rings is 2. The van der Waals surface area contributed by atoms with Gasteiger partial charge in [-0.25, -0.2) is 9.18 Å². The summed E-state index contributed by atoms with van der Waals surface area (Å²) in [7, 11) is 1.42. The number of ether oxygens (including phenoxy) is 2. The van der Waals surface area contributed by atoms with Crippen molar-refractivity contribution in [1.29, 1.82) is 5.26 Å². The number of carbonyl (C=O) groups is 1. The molecule has 0 spiro atoms. The number of H-pyrrole nitrogens is 1. The van der Waals surface area contributed by atoms with Gasteiger partial charge in [0.1, 0.15) is 0 Å². The average Bonchev–Trinajstić information content (AvgIpc) is 3.54. The lowest BCUT2D eigenvalue weighted by atomic mass is 9.79. The summed E-state index contributed by atoms with van der Waals surface area (Å²) in [5.74, 6) is -1.56. The molecule has 0 radical (unpaired) electrons. The van der Waals surface area contributed by atoms with E-state index in [9.17, 15) is 19.6 Å². The van der Waals surface area contributed by atoms with Crippen LogP contribution in [0.5, 0.6) is 5.75 Å². The number of nitriles is 1. The highest BCUT2D eigenvalue weighted by molar-refractivity contribution is 5.99. The quantitative estimate of drug-likeness (QED) is 0.413. The molecule has 1 fully saturated rings. The average molecular weight is 477 g/mol. The minimum atomic E-state index is -0.992. The minimum Gasteiger partial charge on any atom is -0.494 e. The van der Waals surface area contributed by atoms with Crippen LogP contribution in [0.15, 0.2) is 36.5 Å². The third-order valence-corrected chi connectivity index (χ3v) is 6.80. The Labute approximate surface area is 200 Å². The number of aromatic nitrogens is 3. The fourth-order valence-corrected chi connectivity index (χ4v) is 5.17. The zero-order chi connectivity index (χ0) is 24.9. The van der Waals surface area contributed by atoms with Crippen molar-refractivity contribution in [2.24, 2.45) is 0 Å². The number of aromatic amines is 1. The smallest absolute Gasteiger partial charge is 0.332 e. The maximum Gasteiger partial charge on any atom is 0.332 e. The summed E-state index contributed by atoms with van der Waals surface area (Å²) in [6.45, 7) is 4.23. The molecule has 3 heterocycles. The van der Waals surface area contributed by atoms with Crippen LogP contribution in [-0.4, -0.2) is 45.7 Å². The molecule has 0 unspecified atom stereocenters. The molecular formula is C26H25FN4O4. The molecule has 0 saturated carbocycles. The molecule has 35 heavy (non-hydrogen) atoms. The van der Waals surface area contributed by atoms with Gasteiger partial charge in [0, 0.05) is 46.0 Å². The first-order valence-electron chi connectivity index (χ1n) is 11.3. The van der Waals surface area contributed by atoms with Gasteiger partial charge in [-0.2, -0.15) is 10.4 Å². The van der Waals surface area contributed by atoms with E-state index in [2.05, 4.69) is 16.3 Å². The van der Waals surface area contributed by atoms with Crippen molar-refractivity contribution in [1.82, 2.24) is 14.8 Å². The summed E-state index contributed by atoms with van der Waals surface area (Å²) in [5, 5.41) is 28.2. The van der Waals surface area contributed by atoms with E-state index in [4.69, 9.17) is 9.47 Å². The number of halogens is 1. The van der Waals surface area contributed by atoms with Crippen LogP contribution < -0.4 is 4.74 Å². The van der Waals surface area contributed by atoms with Gasteiger partial charge in [-0.05, 0) is 36.2 Å². The summed E-state index contributed by atoms with van der Waals surface area (Å²) in [6.07, 6.45) is 1.38. The molecule has 2 atom stereocenters. The highest BCUT2D eigenvalue weighted by atomic mass is 19.1. The first-order chi connectivity index (χ1) is 16.7. The zero-order valence-electron chi connectivity index (χ0n) is 19.6. The second kappa shape index (κ2) is 8.40. The first-order valence-corrected chi connectivity index (χ1v) is 11.3.